The zero-order chi connectivity index (χ0) is 18.4. The van der Waals surface area contributed by atoms with Crippen LogP contribution in [0.15, 0.2) is 24.7 Å². The third kappa shape index (κ3) is 3.49. The van der Waals surface area contributed by atoms with Crippen molar-refractivity contribution in [3.8, 4) is 0 Å². The molecule has 0 amide bonds. The van der Waals surface area contributed by atoms with E-state index in [0.29, 0.717) is 12.0 Å². The van der Waals surface area contributed by atoms with Crippen LogP contribution in [0, 0.1) is 11.8 Å². The Morgan fingerprint density at radius 3 is 2.70 bits per heavy atom. The van der Waals surface area contributed by atoms with Gasteiger partial charge in [-0.25, -0.2) is 9.50 Å². The number of aliphatic hydroxyl groups excluding tert-OH is 1. The SMILES string of the molecule is CN1CCN([C@@H]2C[C@@H]3CN(Cc4ccn5ncnc5c4)C[C@@H]3C[C@H]2O)CC1. The Balaban J connectivity index is 1.23. The van der Waals surface area contributed by atoms with Crippen LogP contribution in [0.1, 0.15) is 18.4 Å². The Hall–Kier alpha value is -1.54. The van der Waals surface area contributed by atoms with Crippen molar-refractivity contribution >= 4 is 5.65 Å². The van der Waals surface area contributed by atoms with Gasteiger partial charge in [0.25, 0.3) is 0 Å². The van der Waals surface area contributed by atoms with E-state index < -0.39 is 0 Å². The predicted octanol–water partition coefficient (Wildman–Crippen LogP) is 0.548. The van der Waals surface area contributed by atoms with Gasteiger partial charge in [0.2, 0.25) is 0 Å². The summed E-state index contributed by atoms with van der Waals surface area (Å²) in [5.41, 5.74) is 2.21. The van der Waals surface area contributed by atoms with E-state index in [4.69, 9.17) is 0 Å². The summed E-state index contributed by atoms with van der Waals surface area (Å²) in [6.45, 7) is 7.65. The molecule has 1 aliphatic carbocycles. The van der Waals surface area contributed by atoms with Crippen molar-refractivity contribution in [3.05, 3.63) is 30.2 Å². The summed E-state index contributed by atoms with van der Waals surface area (Å²) in [6.07, 6.45) is 5.54. The number of fused-ring (bicyclic) bond motifs is 2. The average molecular weight is 371 g/mol. The first kappa shape index (κ1) is 17.6. The summed E-state index contributed by atoms with van der Waals surface area (Å²) >= 11 is 0. The van der Waals surface area contributed by atoms with Crippen molar-refractivity contribution in [2.24, 2.45) is 11.8 Å². The normalized spacial score (nSPS) is 33.6. The first-order valence-electron chi connectivity index (χ1n) is 10.3. The van der Waals surface area contributed by atoms with Crippen LogP contribution in [-0.2, 0) is 6.54 Å². The zero-order valence-electron chi connectivity index (χ0n) is 16.1. The molecule has 7 nitrogen and oxygen atoms in total. The molecule has 1 N–H and O–H groups in total. The molecule has 0 radical (unpaired) electrons. The minimum atomic E-state index is -0.165. The van der Waals surface area contributed by atoms with E-state index in [-0.39, 0.29) is 6.10 Å². The monoisotopic (exact) mass is 370 g/mol. The van der Waals surface area contributed by atoms with Gasteiger partial charge in [-0.2, -0.15) is 5.10 Å². The number of pyridine rings is 1. The van der Waals surface area contributed by atoms with Gasteiger partial charge in [0.15, 0.2) is 5.65 Å². The fourth-order valence-electron chi connectivity index (χ4n) is 5.39. The average Bonchev–Trinajstić information content (AvgIpc) is 3.27. The first-order valence-corrected chi connectivity index (χ1v) is 10.3. The molecule has 5 rings (SSSR count). The van der Waals surface area contributed by atoms with E-state index in [9.17, 15) is 5.11 Å². The van der Waals surface area contributed by atoms with Crippen molar-refractivity contribution in [2.45, 2.75) is 31.5 Å². The molecule has 0 spiro atoms. The van der Waals surface area contributed by atoms with E-state index >= 15 is 0 Å². The molecule has 2 aliphatic heterocycles. The number of aliphatic hydroxyl groups is 1. The van der Waals surface area contributed by atoms with Gasteiger partial charge in [0.1, 0.15) is 6.33 Å². The van der Waals surface area contributed by atoms with Crippen LogP contribution in [-0.4, -0.2) is 92.9 Å². The lowest BCUT2D eigenvalue weighted by molar-refractivity contribution is -0.0249. The summed E-state index contributed by atoms with van der Waals surface area (Å²) in [6, 6.07) is 4.63. The van der Waals surface area contributed by atoms with Crippen LogP contribution >= 0.6 is 0 Å². The number of likely N-dealkylation sites (N-methyl/N-ethyl adjacent to an activating group) is 1. The van der Waals surface area contributed by atoms with E-state index in [2.05, 4.69) is 44.0 Å². The lowest BCUT2D eigenvalue weighted by Gasteiger charge is -2.44. The molecule has 4 atom stereocenters. The number of hydrogen-bond acceptors (Lipinski definition) is 6. The minimum absolute atomic E-state index is 0.165. The molecule has 3 aliphatic rings. The fourth-order valence-corrected chi connectivity index (χ4v) is 5.39. The van der Waals surface area contributed by atoms with E-state index in [1.165, 1.54) is 5.56 Å². The summed E-state index contributed by atoms with van der Waals surface area (Å²) in [5, 5.41) is 15.0. The first-order chi connectivity index (χ1) is 13.2. The highest BCUT2D eigenvalue weighted by atomic mass is 16.3. The van der Waals surface area contributed by atoms with E-state index in [0.717, 1.165) is 70.2 Å². The number of piperazine rings is 1. The largest absolute Gasteiger partial charge is 0.391 e. The van der Waals surface area contributed by atoms with Gasteiger partial charge < -0.3 is 10.0 Å². The summed E-state index contributed by atoms with van der Waals surface area (Å²) in [7, 11) is 2.19. The highest BCUT2D eigenvalue weighted by Crippen LogP contribution is 2.39. The second-order valence-corrected chi connectivity index (χ2v) is 8.76. The summed E-state index contributed by atoms with van der Waals surface area (Å²) in [4.78, 5) is 11.8. The van der Waals surface area contributed by atoms with Gasteiger partial charge in [-0.05, 0) is 49.4 Å². The quantitative estimate of drug-likeness (QED) is 0.851. The maximum atomic E-state index is 10.8. The molecular weight excluding hydrogens is 340 g/mol. The Morgan fingerprint density at radius 2 is 1.89 bits per heavy atom. The van der Waals surface area contributed by atoms with Gasteiger partial charge in [-0.15, -0.1) is 0 Å². The number of hydrogen-bond donors (Lipinski definition) is 1. The van der Waals surface area contributed by atoms with Gasteiger partial charge in [0, 0.05) is 58.1 Å². The molecule has 2 aromatic rings. The second kappa shape index (κ2) is 7.13. The molecule has 7 heteroatoms. The molecule has 1 saturated carbocycles. The van der Waals surface area contributed by atoms with Crippen LogP contribution in [0.25, 0.3) is 5.65 Å². The van der Waals surface area contributed by atoms with Crippen LogP contribution in [0.4, 0.5) is 0 Å². The van der Waals surface area contributed by atoms with Crippen molar-refractivity contribution < 1.29 is 5.11 Å². The molecule has 0 bridgehead atoms. The summed E-state index contributed by atoms with van der Waals surface area (Å²) < 4.78 is 1.81. The standard InChI is InChI=1S/C20H30N6O/c1-23-4-6-25(7-5-23)18-9-16-12-24(13-17(16)10-19(18)27)11-15-2-3-26-20(8-15)21-14-22-26/h2-3,8,14,16-19,27H,4-7,9-13H2,1H3/t16-,17+,18-,19-/m1/s1. The Labute approximate surface area is 160 Å². The molecule has 4 heterocycles. The van der Waals surface area contributed by atoms with Crippen LogP contribution in [0.3, 0.4) is 0 Å². The maximum absolute atomic E-state index is 10.8. The Kier molecular flexibility index (Phi) is 4.63. The highest BCUT2D eigenvalue weighted by molar-refractivity contribution is 5.39. The van der Waals surface area contributed by atoms with Crippen molar-refractivity contribution in [3.63, 3.8) is 0 Å². The molecule has 0 unspecified atom stereocenters. The maximum Gasteiger partial charge on any atom is 0.155 e. The van der Waals surface area contributed by atoms with Gasteiger partial charge >= 0.3 is 0 Å². The predicted molar refractivity (Wildman–Crippen MR) is 103 cm³/mol. The van der Waals surface area contributed by atoms with Crippen molar-refractivity contribution in [1.82, 2.24) is 29.3 Å². The van der Waals surface area contributed by atoms with Crippen LogP contribution in [0.5, 0.6) is 0 Å². The molecule has 2 saturated heterocycles. The fraction of sp³-hybridized carbons (Fsp3) is 0.700. The molecular formula is C20H30N6O. The highest BCUT2D eigenvalue weighted by Gasteiger charge is 2.43. The Bertz CT molecular complexity index is 786. The lowest BCUT2D eigenvalue weighted by atomic mass is 9.77. The third-order valence-electron chi connectivity index (χ3n) is 6.94. The minimum Gasteiger partial charge on any atom is -0.391 e. The lowest BCUT2D eigenvalue weighted by Crippen LogP contribution is -2.55. The third-order valence-corrected chi connectivity index (χ3v) is 6.94. The number of nitrogens with zero attached hydrogens (tertiary/aromatic N) is 6. The summed E-state index contributed by atoms with van der Waals surface area (Å²) in [5.74, 6) is 1.36. The van der Waals surface area contributed by atoms with Gasteiger partial charge in [-0.1, -0.05) is 0 Å². The van der Waals surface area contributed by atoms with Crippen molar-refractivity contribution in [2.75, 3.05) is 46.3 Å². The Morgan fingerprint density at radius 1 is 1.11 bits per heavy atom. The smallest absolute Gasteiger partial charge is 0.155 e. The topological polar surface area (TPSA) is 60.1 Å². The molecule has 146 valence electrons. The van der Waals surface area contributed by atoms with E-state index in [1.807, 2.05) is 10.7 Å². The zero-order valence-corrected chi connectivity index (χ0v) is 16.1. The number of rotatable bonds is 3. The van der Waals surface area contributed by atoms with E-state index in [1.54, 1.807) is 6.33 Å². The molecule has 0 aromatic carbocycles. The van der Waals surface area contributed by atoms with Crippen LogP contribution in [0.2, 0.25) is 0 Å². The van der Waals surface area contributed by atoms with Gasteiger partial charge in [-0.3, -0.25) is 9.80 Å². The second-order valence-electron chi connectivity index (χ2n) is 8.76. The number of likely N-dealkylation sites (tertiary alicyclic amines) is 1. The van der Waals surface area contributed by atoms with Crippen LogP contribution < -0.4 is 0 Å². The molecule has 27 heavy (non-hydrogen) atoms. The van der Waals surface area contributed by atoms with Crippen molar-refractivity contribution in [1.29, 1.82) is 0 Å². The van der Waals surface area contributed by atoms with Gasteiger partial charge in [0.05, 0.1) is 6.10 Å². The number of aromatic nitrogens is 3. The molecule has 2 aromatic heterocycles. The molecule has 3 fully saturated rings.